The van der Waals surface area contributed by atoms with Crippen LogP contribution >= 0.6 is 11.6 Å². The van der Waals surface area contributed by atoms with Crippen LogP contribution in [0.2, 0.25) is 5.02 Å². The zero-order valence-corrected chi connectivity index (χ0v) is 20.3. The Labute approximate surface area is 208 Å². The van der Waals surface area contributed by atoms with Crippen LogP contribution in [0.1, 0.15) is 26.5 Å². The van der Waals surface area contributed by atoms with Gasteiger partial charge in [0, 0.05) is 40.3 Å². The molecule has 2 aromatic heterocycles. The number of piperazine rings is 1. The Hall–Kier alpha value is -3.93. The maximum atomic E-state index is 13.6. The number of rotatable bonds is 3. The second-order valence-electron chi connectivity index (χ2n) is 8.90. The first kappa shape index (κ1) is 23.8. The van der Waals surface area contributed by atoms with Crippen molar-refractivity contribution in [1.29, 1.82) is 0 Å². The predicted molar refractivity (Wildman–Crippen MR) is 127 cm³/mol. The molecule has 0 spiro atoms. The SMILES string of the molecule is CN1CCN(C(=O)c2nn(Cc3ccc(F)c(Cl)c3)c(=O)c3c(O)c4n(c23)CCN(C)C4=O)CC1=O. The van der Waals surface area contributed by atoms with Crippen molar-refractivity contribution in [2.24, 2.45) is 0 Å². The van der Waals surface area contributed by atoms with Gasteiger partial charge in [0.1, 0.15) is 17.7 Å². The van der Waals surface area contributed by atoms with E-state index in [2.05, 4.69) is 5.10 Å². The Morgan fingerprint density at radius 1 is 1.11 bits per heavy atom. The maximum Gasteiger partial charge on any atom is 0.280 e. The minimum atomic E-state index is -0.730. The second kappa shape index (κ2) is 8.63. The van der Waals surface area contributed by atoms with Gasteiger partial charge in [-0.05, 0) is 17.7 Å². The van der Waals surface area contributed by atoms with Gasteiger partial charge in [0.05, 0.1) is 17.1 Å². The third-order valence-corrected chi connectivity index (χ3v) is 6.89. The van der Waals surface area contributed by atoms with Crippen molar-refractivity contribution in [1.82, 2.24) is 29.0 Å². The van der Waals surface area contributed by atoms with E-state index in [1.807, 2.05) is 0 Å². The molecule has 13 heteroatoms. The third-order valence-electron chi connectivity index (χ3n) is 6.60. The summed E-state index contributed by atoms with van der Waals surface area (Å²) in [5, 5.41) is 15.0. The molecule has 0 atom stereocenters. The molecular formula is C23H22ClFN6O5. The number of likely N-dealkylation sites (N-methyl/N-ethyl adjacent to an activating group) is 2. The van der Waals surface area contributed by atoms with E-state index < -0.39 is 28.9 Å². The highest BCUT2D eigenvalue weighted by Gasteiger charge is 2.36. The van der Waals surface area contributed by atoms with Gasteiger partial charge < -0.3 is 24.4 Å². The summed E-state index contributed by atoms with van der Waals surface area (Å²) in [5.74, 6) is -2.54. The van der Waals surface area contributed by atoms with Gasteiger partial charge in [-0.15, -0.1) is 0 Å². The van der Waals surface area contributed by atoms with Gasteiger partial charge in [0.25, 0.3) is 17.4 Å². The number of aromatic hydroxyl groups is 1. The van der Waals surface area contributed by atoms with E-state index >= 15 is 0 Å². The van der Waals surface area contributed by atoms with E-state index in [1.165, 1.54) is 31.4 Å². The van der Waals surface area contributed by atoms with E-state index in [-0.39, 0.29) is 59.4 Å². The van der Waals surface area contributed by atoms with Crippen molar-refractivity contribution in [2.45, 2.75) is 13.1 Å². The molecular weight excluding hydrogens is 495 g/mol. The predicted octanol–water partition coefficient (Wildman–Crippen LogP) is 0.744. The van der Waals surface area contributed by atoms with Crippen molar-refractivity contribution in [3.8, 4) is 5.75 Å². The highest BCUT2D eigenvalue weighted by atomic mass is 35.5. The number of carbonyl (C=O) groups excluding carboxylic acids is 3. The number of amides is 3. The maximum absolute atomic E-state index is 13.6. The first-order valence-corrected chi connectivity index (χ1v) is 11.5. The molecule has 0 saturated carbocycles. The highest BCUT2D eigenvalue weighted by Crippen LogP contribution is 2.34. The molecule has 0 unspecified atom stereocenters. The van der Waals surface area contributed by atoms with Crippen LogP contribution in [0.4, 0.5) is 4.39 Å². The molecule has 1 fully saturated rings. The number of nitrogens with zero attached hydrogens (tertiary/aromatic N) is 6. The van der Waals surface area contributed by atoms with Crippen LogP contribution in [-0.4, -0.2) is 92.1 Å². The average molecular weight is 517 g/mol. The Kier molecular flexibility index (Phi) is 5.70. The summed E-state index contributed by atoms with van der Waals surface area (Å²) < 4.78 is 16.0. The lowest BCUT2D eigenvalue weighted by Crippen LogP contribution is -2.51. The molecule has 2 aliphatic heterocycles. The topological polar surface area (TPSA) is 121 Å². The summed E-state index contributed by atoms with van der Waals surface area (Å²) in [7, 11) is 3.21. The van der Waals surface area contributed by atoms with Gasteiger partial charge in [-0.25, -0.2) is 9.07 Å². The number of fused-ring (bicyclic) bond motifs is 3. The van der Waals surface area contributed by atoms with Gasteiger partial charge in [0.2, 0.25) is 5.91 Å². The summed E-state index contributed by atoms with van der Waals surface area (Å²) in [6, 6.07) is 3.90. The molecule has 2 aliphatic rings. The van der Waals surface area contributed by atoms with Crippen LogP contribution in [0, 0.1) is 5.82 Å². The number of aromatic nitrogens is 3. The van der Waals surface area contributed by atoms with Crippen LogP contribution in [0.15, 0.2) is 23.0 Å². The Morgan fingerprint density at radius 3 is 2.53 bits per heavy atom. The Bertz CT molecular complexity index is 1520. The standard InChI is InChI=1S/C23H22ClFN6O5/c1-27-5-7-29(11-15(27)32)22(35)17-18-16(20(33)19-23(36)28(2)6-8-30(18)19)21(34)31(26-17)10-12-3-4-14(25)13(24)9-12/h3-4,9,33H,5-8,10-11H2,1-2H3. The van der Waals surface area contributed by atoms with Crippen molar-refractivity contribution >= 4 is 40.2 Å². The Morgan fingerprint density at radius 2 is 1.83 bits per heavy atom. The average Bonchev–Trinajstić information content (AvgIpc) is 3.15. The molecule has 1 aromatic carbocycles. The zero-order valence-electron chi connectivity index (χ0n) is 19.5. The summed E-state index contributed by atoms with van der Waals surface area (Å²) in [6.45, 7) is 0.749. The lowest BCUT2D eigenvalue weighted by atomic mass is 10.2. The second-order valence-corrected chi connectivity index (χ2v) is 9.31. The van der Waals surface area contributed by atoms with Crippen LogP contribution in [-0.2, 0) is 17.9 Å². The first-order valence-electron chi connectivity index (χ1n) is 11.2. The van der Waals surface area contributed by atoms with Crippen LogP contribution in [0.5, 0.6) is 5.75 Å². The van der Waals surface area contributed by atoms with Gasteiger partial charge >= 0.3 is 0 Å². The smallest absolute Gasteiger partial charge is 0.280 e. The van der Waals surface area contributed by atoms with Gasteiger partial charge in [-0.2, -0.15) is 5.10 Å². The van der Waals surface area contributed by atoms with Gasteiger partial charge in [-0.1, -0.05) is 17.7 Å². The normalized spacial score (nSPS) is 16.2. The Balaban J connectivity index is 1.72. The summed E-state index contributed by atoms with van der Waals surface area (Å²) in [4.78, 5) is 56.4. The fourth-order valence-electron chi connectivity index (χ4n) is 4.51. The highest BCUT2D eigenvalue weighted by molar-refractivity contribution is 6.30. The molecule has 36 heavy (non-hydrogen) atoms. The lowest BCUT2D eigenvalue weighted by Gasteiger charge is -2.32. The quantitative estimate of drug-likeness (QED) is 0.548. The van der Waals surface area contributed by atoms with Crippen molar-refractivity contribution in [3.05, 3.63) is 56.3 Å². The fourth-order valence-corrected chi connectivity index (χ4v) is 4.72. The minimum absolute atomic E-state index is 0.0405. The minimum Gasteiger partial charge on any atom is -0.505 e. The molecule has 3 aromatic rings. The number of hydrogen-bond acceptors (Lipinski definition) is 6. The van der Waals surface area contributed by atoms with Crippen LogP contribution in [0.3, 0.4) is 0 Å². The zero-order chi connectivity index (χ0) is 25.9. The number of halogens is 2. The van der Waals surface area contributed by atoms with Gasteiger partial charge in [-0.3, -0.25) is 19.2 Å². The fraction of sp³-hybridized carbons (Fsp3) is 0.348. The van der Waals surface area contributed by atoms with Gasteiger partial charge in [0.15, 0.2) is 17.1 Å². The molecule has 0 radical (unpaired) electrons. The lowest BCUT2D eigenvalue weighted by molar-refractivity contribution is -0.133. The van der Waals surface area contributed by atoms with E-state index in [0.29, 0.717) is 18.7 Å². The molecule has 3 amide bonds. The van der Waals surface area contributed by atoms with E-state index in [9.17, 15) is 28.7 Å². The summed E-state index contributed by atoms with van der Waals surface area (Å²) in [5.41, 5.74) is -0.536. The molecule has 1 N–H and O–H groups in total. The van der Waals surface area contributed by atoms with E-state index in [0.717, 1.165) is 10.7 Å². The molecule has 188 valence electrons. The molecule has 0 aliphatic carbocycles. The van der Waals surface area contributed by atoms with Crippen LogP contribution < -0.4 is 5.56 Å². The van der Waals surface area contributed by atoms with Crippen molar-refractivity contribution in [2.75, 3.05) is 40.3 Å². The largest absolute Gasteiger partial charge is 0.505 e. The van der Waals surface area contributed by atoms with E-state index in [1.54, 1.807) is 14.1 Å². The molecule has 5 rings (SSSR count). The number of benzene rings is 1. The summed E-state index contributed by atoms with van der Waals surface area (Å²) >= 11 is 5.88. The number of hydrogen-bond donors (Lipinski definition) is 1. The summed E-state index contributed by atoms with van der Waals surface area (Å²) in [6.07, 6.45) is 0. The molecule has 1 saturated heterocycles. The van der Waals surface area contributed by atoms with E-state index in [4.69, 9.17) is 11.6 Å². The van der Waals surface area contributed by atoms with Crippen molar-refractivity contribution in [3.63, 3.8) is 0 Å². The third kappa shape index (κ3) is 3.68. The monoisotopic (exact) mass is 516 g/mol. The van der Waals surface area contributed by atoms with Crippen LogP contribution in [0.25, 0.3) is 10.9 Å². The number of carbonyl (C=O) groups is 3. The van der Waals surface area contributed by atoms with Crippen molar-refractivity contribution < 1.29 is 23.9 Å². The molecule has 4 heterocycles. The first-order chi connectivity index (χ1) is 17.1. The molecule has 0 bridgehead atoms. The molecule has 11 nitrogen and oxygen atoms in total.